The fraction of sp³-hybridized carbons (Fsp3) is 0.545. The van der Waals surface area contributed by atoms with Gasteiger partial charge in [0.2, 0.25) is 0 Å². The predicted molar refractivity (Wildman–Crippen MR) is 58.3 cm³/mol. The van der Waals surface area contributed by atoms with E-state index < -0.39 is 0 Å². The summed E-state index contributed by atoms with van der Waals surface area (Å²) in [6.07, 6.45) is 1.78. The first-order valence-electron chi connectivity index (χ1n) is 4.81. The number of aromatic nitrogens is 1. The lowest BCUT2D eigenvalue weighted by atomic mass is 9.95. The molecule has 0 aliphatic carbocycles. The lowest BCUT2D eigenvalue weighted by Crippen LogP contribution is -2.27. The fourth-order valence-corrected chi connectivity index (χ4v) is 1.02. The molecule has 1 aromatic heterocycles. The van der Waals surface area contributed by atoms with Crippen molar-refractivity contribution >= 4 is 5.82 Å². The van der Waals surface area contributed by atoms with Crippen molar-refractivity contribution < 1.29 is 5.11 Å². The highest BCUT2D eigenvalue weighted by atomic mass is 16.3. The summed E-state index contributed by atoms with van der Waals surface area (Å²) in [6, 6.07) is 3.95. The highest BCUT2D eigenvalue weighted by molar-refractivity contribution is 5.37. The smallest absolute Gasteiger partial charge is 0.126 e. The lowest BCUT2D eigenvalue weighted by molar-refractivity contribution is 0.170. The highest BCUT2D eigenvalue weighted by Gasteiger charge is 2.15. The van der Waals surface area contributed by atoms with Crippen molar-refractivity contribution in [2.24, 2.45) is 5.41 Å². The zero-order chi connectivity index (χ0) is 10.6. The first-order chi connectivity index (χ1) is 6.53. The van der Waals surface area contributed by atoms with Crippen LogP contribution in [0.2, 0.25) is 0 Å². The lowest BCUT2D eigenvalue weighted by Gasteiger charge is -2.22. The van der Waals surface area contributed by atoms with Crippen molar-refractivity contribution in [2.45, 2.75) is 20.8 Å². The van der Waals surface area contributed by atoms with Gasteiger partial charge in [-0.1, -0.05) is 13.8 Å². The molecule has 0 aromatic carbocycles. The van der Waals surface area contributed by atoms with Gasteiger partial charge in [0.15, 0.2) is 0 Å². The fourth-order valence-electron chi connectivity index (χ4n) is 1.02. The van der Waals surface area contributed by atoms with Crippen LogP contribution in [0.3, 0.4) is 0 Å². The minimum atomic E-state index is -0.106. The third-order valence-electron chi connectivity index (χ3n) is 2.09. The number of aliphatic hydroxyl groups excluding tert-OH is 1. The van der Waals surface area contributed by atoms with Crippen LogP contribution >= 0.6 is 0 Å². The summed E-state index contributed by atoms with van der Waals surface area (Å²) in [6.45, 7) is 6.95. The molecular formula is C11H18N2O. The number of aryl methyl sites for hydroxylation is 1. The van der Waals surface area contributed by atoms with Gasteiger partial charge in [-0.05, 0) is 24.6 Å². The molecule has 0 radical (unpaired) electrons. The number of hydrogen-bond donors (Lipinski definition) is 2. The Bertz CT molecular complexity index is 297. The summed E-state index contributed by atoms with van der Waals surface area (Å²) in [5.41, 5.74) is 1.08. The molecule has 14 heavy (non-hydrogen) atoms. The van der Waals surface area contributed by atoms with E-state index in [-0.39, 0.29) is 12.0 Å². The molecule has 3 heteroatoms. The molecule has 1 aromatic rings. The van der Waals surface area contributed by atoms with E-state index in [1.54, 1.807) is 6.20 Å². The van der Waals surface area contributed by atoms with E-state index in [0.717, 1.165) is 12.4 Å². The maximum Gasteiger partial charge on any atom is 0.126 e. The van der Waals surface area contributed by atoms with Gasteiger partial charge in [0.1, 0.15) is 5.82 Å². The summed E-state index contributed by atoms with van der Waals surface area (Å²) in [5, 5.41) is 12.3. The van der Waals surface area contributed by atoms with Gasteiger partial charge in [-0.3, -0.25) is 0 Å². The topological polar surface area (TPSA) is 45.2 Å². The molecular weight excluding hydrogens is 176 g/mol. The maximum atomic E-state index is 9.07. The van der Waals surface area contributed by atoms with Crippen LogP contribution in [-0.2, 0) is 0 Å². The Balaban J connectivity index is 2.54. The summed E-state index contributed by atoms with van der Waals surface area (Å²) >= 11 is 0. The minimum absolute atomic E-state index is 0.106. The molecule has 0 aliphatic heterocycles. The Hall–Kier alpha value is -1.09. The minimum Gasteiger partial charge on any atom is -0.396 e. The van der Waals surface area contributed by atoms with Crippen LogP contribution in [0.4, 0.5) is 5.82 Å². The predicted octanol–water partition coefficient (Wildman–Crippen LogP) is 1.82. The summed E-state index contributed by atoms with van der Waals surface area (Å²) in [7, 11) is 0. The van der Waals surface area contributed by atoms with Crippen LogP contribution in [0.1, 0.15) is 19.4 Å². The Labute approximate surface area is 85.2 Å². The van der Waals surface area contributed by atoms with Crippen LogP contribution in [0.25, 0.3) is 0 Å². The molecule has 0 bridgehead atoms. The quantitative estimate of drug-likeness (QED) is 0.768. The zero-order valence-corrected chi connectivity index (χ0v) is 9.04. The summed E-state index contributed by atoms with van der Waals surface area (Å²) in [5.74, 6) is 0.867. The van der Waals surface area contributed by atoms with Crippen LogP contribution in [0.5, 0.6) is 0 Å². The molecule has 1 rings (SSSR count). The number of aliphatic hydroxyl groups is 1. The molecule has 78 valence electrons. The molecule has 0 amide bonds. The van der Waals surface area contributed by atoms with Crippen LogP contribution in [0, 0.1) is 12.3 Å². The Kier molecular flexibility index (Phi) is 3.47. The average Bonchev–Trinajstić information content (AvgIpc) is 2.15. The van der Waals surface area contributed by atoms with Gasteiger partial charge in [-0.25, -0.2) is 4.98 Å². The average molecular weight is 194 g/mol. The second kappa shape index (κ2) is 4.42. The first kappa shape index (κ1) is 11.0. The number of nitrogens with zero attached hydrogens (tertiary/aromatic N) is 1. The molecule has 0 fully saturated rings. The summed E-state index contributed by atoms with van der Waals surface area (Å²) in [4.78, 5) is 4.18. The van der Waals surface area contributed by atoms with Crippen LogP contribution < -0.4 is 5.32 Å². The number of anilines is 1. The van der Waals surface area contributed by atoms with E-state index in [1.165, 1.54) is 5.56 Å². The Morgan fingerprint density at radius 1 is 1.50 bits per heavy atom. The van der Waals surface area contributed by atoms with E-state index in [4.69, 9.17) is 5.11 Å². The third kappa shape index (κ3) is 3.34. The molecule has 0 spiro atoms. The molecule has 0 aliphatic rings. The van der Waals surface area contributed by atoms with E-state index in [2.05, 4.69) is 10.3 Å². The second-order valence-corrected chi connectivity index (χ2v) is 4.39. The van der Waals surface area contributed by atoms with Crippen LogP contribution in [-0.4, -0.2) is 23.2 Å². The molecule has 3 nitrogen and oxygen atoms in total. The first-order valence-corrected chi connectivity index (χ1v) is 4.81. The third-order valence-corrected chi connectivity index (χ3v) is 2.09. The van der Waals surface area contributed by atoms with Gasteiger partial charge in [0.25, 0.3) is 0 Å². The number of nitrogens with one attached hydrogen (secondary N) is 1. The number of hydrogen-bond acceptors (Lipinski definition) is 3. The van der Waals surface area contributed by atoms with Crippen molar-refractivity contribution in [3.63, 3.8) is 0 Å². The van der Waals surface area contributed by atoms with Crippen molar-refractivity contribution in [2.75, 3.05) is 18.5 Å². The van der Waals surface area contributed by atoms with Gasteiger partial charge in [-0.2, -0.15) is 0 Å². The molecule has 0 unspecified atom stereocenters. The maximum absolute atomic E-state index is 9.07. The number of rotatable bonds is 4. The molecule has 0 atom stereocenters. The SMILES string of the molecule is Cc1ccnc(NCC(C)(C)CO)c1. The van der Waals surface area contributed by atoms with Crippen molar-refractivity contribution in [1.82, 2.24) is 4.98 Å². The van der Waals surface area contributed by atoms with E-state index in [9.17, 15) is 0 Å². The van der Waals surface area contributed by atoms with Gasteiger partial charge in [0, 0.05) is 24.8 Å². The van der Waals surface area contributed by atoms with E-state index in [0.29, 0.717) is 0 Å². The molecule has 1 heterocycles. The summed E-state index contributed by atoms with van der Waals surface area (Å²) < 4.78 is 0. The molecule has 2 N–H and O–H groups in total. The van der Waals surface area contributed by atoms with Crippen molar-refractivity contribution in [1.29, 1.82) is 0 Å². The Morgan fingerprint density at radius 2 is 2.21 bits per heavy atom. The monoisotopic (exact) mass is 194 g/mol. The largest absolute Gasteiger partial charge is 0.396 e. The zero-order valence-electron chi connectivity index (χ0n) is 9.04. The van der Waals surface area contributed by atoms with Crippen LogP contribution in [0.15, 0.2) is 18.3 Å². The number of pyridine rings is 1. The standard InChI is InChI=1S/C11H18N2O/c1-9-4-5-12-10(6-9)13-7-11(2,3)8-14/h4-6,14H,7-8H2,1-3H3,(H,12,13). The highest BCUT2D eigenvalue weighted by Crippen LogP contribution is 2.14. The van der Waals surface area contributed by atoms with Crippen molar-refractivity contribution in [3.8, 4) is 0 Å². The van der Waals surface area contributed by atoms with E-state index >= 15 is 0 Å². The second-order valence-electron chi connectivity index (χ2n) is 4.39. The van der Waals surface area contributed by atoms with Gasteiger partial charge < -0.3 is 10.4 Å². The normalized spacial score (nSPS) is 11.4. The van der Waals surface area contributed by atoms with Gasteiger partial charge >= 0.3 is 0 Å². The molecule has 0 saturated carbocycles. The van der Waals surface area contributed by atoms with Gasteiger partial charge in [-0.15, -0.1) is 0 Å². The van der Waals surface area contributed by atoms with E-state index in [1.807, 2.05) is 32.9 Å². The van der Waals surface area contributed by atoms with Gasteiger partial charge in [0.05, 0.1) is 0 Å². The Morgan fingerprint density at radius 3 is 2.79 bits per heavy atom. The van der Waals surface area contributed by atoms with Crippen molar-refractivity contribution in [3.05, 3.63) is 23.9 Å². The molecule has 0 saturated heterocycles.